The van der Waals surface area contributed by atoms with E-state index in [0.29, 0.717) is 13.1 Å². The molecule has 128 valence electrons. The summed E-state index contributed by atoms with van der Waals surface area (Å²) in [6.07, 6.45) is 1.09. The fourth-order valence-electron chi connectivity index (χ4n) is 3.15. The lowest BCUT2D eigenvalue weighted by Gasteiger charge is -2.35. The van der Waals surface area contributed by atoms with Crippen LogP contribution in [0.3, 0.4) is 0 Å². The number of nitrogens with two attached hydrogens (primary N) is 1. The molecule has 1 amide bonds. The van der Waals surface area contributed by atoms with Crippen molar-refractivity contribution in [3.05, 3.63) is 57.8 Å². The van der Waals surface area contributed by atoms with E-state index in [1.54, 1.807) is 0 Å². The summed E-state index contributed by atoms with van der Waals surface area (Å²) in [6.45, 7) is 4.83. The largest absolute Gasteiger partial charge is 0.354 e. The minimum Gasteiger partial charge on any atom is -0.354 e. The molecule has 0 spiro atoms. The lowest BCUT2D eigenvalue weighted by molar-refractivity contribution is -0.124. The smallest absolute Gasteiger partial charge is 0.224 e. The molecule has 1 aliphatic rings. The average Bonchev–Trinajstić information content (AvgIpc) is 3.09. The second-order valence-corrected chi connectivity index (χ2v) is 7.40. The number of hydrogen-bond donors (Lipinski definition) is 2. The van der Waals surface area contributed by atoms with Gasteiger partial charge in [-0.2, -0.15) is 0 Å². The molecule has 3 rings (SSSR count). The summed E-state index contributed by atoms with van der Waals surface area (Å²) in [5, 5.41) is 5.27. The molecule has 2 aromatic rings. The SMILES string of the molecule is CC(CN)C(=O)NCC(c1ccccc1)N1CCc2sccc2C1. The van der Waals surface area contributed by atoms with Crippen LogP contribution in [0.2, 0.25) is 0 Å². The molecular formula is C19H25N3OS. The number of fused-ring (bicyclic) bond motifs is 1. The first-order chi connectivity index (χ1) is 11.7. The van der Waals surface area contributed by atoms with E-state index in [4.69, 9.17) is 5.73 Å². The third-order valence-corrected chi connectivity index (χ3v) is 5.76. The van der Waals surface area contributed by atoms with Crippen LogP contribution in [-0.4, -0.2) is 30.4 Å². The van der Waals surface area contributed by atoms with Gasteiger partial charge in [0.05, 0.1) is 6.04 Å². The Hall–Kier alpha value is -1.69. The lowest BCUT2D eigenvalue weighted by atomic mass is 10.0. The molecule has 2 unspecified atom stereocenters. The van der Waals surface area contributed by atoms with Crippen molar-refractivity contribution in [3.63, 3.8) is 0 Å². The Morgan fingerprint density at radius 1 is 1.33 bits per heavy atom. The number of carbonyl (C=O) groups is 1. The van der Waals surface area contributed by atoms with E-state index in [1.807, 2.05) is 24.3 Å². The summed E-state index contributed by atoms with van der Waals surface area (Å²) >= 11 is 1.85. The van der Waals surface area contributed by atoms with E-state index in [0.717, 1.165) is 19.5 Å². The molecule has 2 atom stereocenters. The summed E-state index contributed by atoms with van der Waals surface area (Å²) in [7, 11) is 0. The number of thiophene rings is 1. The van der Waals surface area contributed by atoms with Gasteiger partial charge in [-0.15, -0.1) is 11.3 Å². The van der Waals surface area contributed by atoms with E-state index in [9.17, 15) is 4.79 Å². The Kier molecular flexibility index (Phi) is 5.66. The minimum absolute atomic E-state index is 0.0339. The van der Waals surface area contributed by atoms with Gasteiger partial charge in [0.25, 0.3) is 0 Å². The number of hydrogen-bond acceptors (Lipinski definition) is 4. The molecule has 4 nitrogen and oxygen atoms in total. The molecule has 0 bridgehead atoms. The van der Waals surface area contributed by atoms with E-state index in [2.05, 4.69) is 45.9 Å². The van der Waals surface area contributed by atoms with Gasteiger partial charge in [0.2, 0.25) is 5.91 Å². The van der Waals surface area contributed by atoms with Crippen LogP contribution in [-0.2, 0) is 17.8 Å². The Balaban J connectivity index is 1.75. The fourth-order valence-corrected chi connectivity index (χ4v) is 4.04. The molecule has 0 radical (unpaired) electrons. The van der Waals surface area contributed by atoms with Gasteiger partial charge in [-0.05, 0) is 29.0 Å². The maximum absolute atomic E-state index is 12.1. The van der Waals surface area contributed by atoms with Gasteiger partial charge in [-0.1, -0.05) is 37.3 Å². The Morgan fingerprint density at radius 3 is 2.88 bits per heavy atom. The van der Waals surface area contributed by atoms with Crippen LogP contribution >= 0.6 is 11.3 Å². The highest BCUT2D eigenvalue weighted by Gasteiger charge is 2.26. The second kappa shape index (κ2) is 7.92. The molecule has 3 N–H and O–H groups in total. The fraction of sp³-hybridized carbons (Fsp3) is 0.421. The maximum atomic E-state index is 12.1. The minimum atomic E-state index is -0.147. The molecule has 0 saturated heterocycles. The molecule has 2 heterocycles. The van der Waals surface area contributed by atoms with Gasteiger partial charge < -0.3 is 11.1 Å². The van der Waals surface area contributed by atoms with Crippen molar-refractivity contribution in [2.45, 2.75) is 25.9 Å². The third-order valence-electron chi connectivity index (χ3n) is 4.73. The normalized spacial score (nSPS) is 17.1. The monoisotopic (exact) mass is 343 g/mol. The van der Waals surface area contributed by atoms with Crippen LogP contribution < -0.4 is 11.1 Å². The number of nitrogens with zero attached hydrogens (tertiary/aromatic N) is 1. The van der Waals surface area contributed by atoms with Crippen LogP contribution in [0.4, 0.5) is 0 Å². The Labute approximate surface area is 147 Å². The van der Waals surface area contributed by atoms with Gasteiger partial charge in [-0.25, -0.2) is 0 Å². The quantitative estimate of drug-likeness (QED) is 0.847. The highest BCUT2D eigenvalue weighted by atomic mass is 32.1. The van der Waals surface area contributed by atoms with Crippen molar-refractivity contribution in [1.82, 2.24) is 10.2 Å². The van der Waals surface area contributed by atoms with Crippen molar-refractivity contribution in [1.29, 1.82) is 0 Å². The molecule has 0 fully saturated rings. The van der Waals surface area contributed by atoms with Crippen LogP contribution in [0.5, 0.6) is 0 Å². The molecule has 24 heavy (non-hydrogen) atoms. The molecule has 1 aliphatic heterocycles. The number of nitrogens with one attached hydrogen (secondary N) is 1. The number of rotatable bonds is 6. The number of carbonyl (C=O) groups excluding carboxylic acids is 1. The molecular weight excluding hydrogens is 318 g/mol. The van der Waals surface area contributed by atoms with Crippen molar-refractivity contribution < 1.29 is 4.79 Å². The summed E-state index contributed by atoms with van der Waals surface area (Å²) in [6, 6.07) is 12.9. The van der Waals surface area contributed by atoms with Crippen molar-refractivity contribution in [3.8, 4) is 0 Å². The predicted molar refractivity (Wildman–Crippen MR) is 98.8 cm³/mol. The number of benzene rings is 1. The first kappa shape index (κ1) is 17.1. The number of amides is 1. The van der Waals surface area contributed by atoms with Crippen LogP contribution in [0.1, 0.15) is 29.0 Å². The summed E-state index contributed by atoms with van der Waals surface area (Å²) in [5.41, 5.74) is 8.28. The standard InChI is InChI=1S/C19H25N3OS/c1-14(11-20)19(23)21-12-17(15-5-3-2-4-6-15)22-9-7-18-16(13-22)8-10-24-18/h2-6,8,10,14,17H,7,9,11-13,20H2,1H3,(H,21,23). The van der Waals surface area contributed by atoms with Gasteiger partial charge in [0.1, 0.15) is 0 Å². The van der Waals surface area contributed by atoms with Gasteiger partial charge in [-0.3, -0.25) is 9.69 Å². The zero-order chi connectivity index (χ0) is 16.9. The summed E-state index contributed by atoms with van der Waals surface area (Å²) in [5.74, 6) is -0.113. The summed E-state index contributed by atoms with van der Waals surface area (Å²) in [4.78, 5) is 16.1. The average molecular weight is 343 g/mol. The first-order valence-electron chi connectivity index (χ1n) is 8.51. The topological polar surface area (TPSA) is 58.4 Å². The molecule has 0 saturated carbocycles. The molecule has 5 heteroatoms. The molecule has 0 aliphatic carbocycles. The first-order valence-corrected chi connectivity index (χ1v) is 9.39. The summed E-state index contributed by atoms with van der Waals surface area (Å²) < 4.78 is 0. The zero-order valence-corrected chi connectivity index (χ0v) is 14.9. The van der Waals surface area contributed by atoms with E-state index >= 15 is 0 Å². The Morgan fingerprint density at radius 2 is 2.12 bits per heavy atom. The maximum Gasteiger partial charge on any atom is 0.224 e. The van der Waals surface area contributed by atoms with Crippen molar-refractivity contribution >= 4 is 17.2 Å². The Bertz CT molecular complexity index is 670. The van der Waals surface area contributed by atoms with Gasteiger partial charge >= 0.3 is 0 Å². The highest BCUT2D eigenvalue weighted by molar-refractivity contribution is 7.10. The van der Waals surface area contributed by atoms with Crippen molar-refractivity contribution in [2.24, 2.45) is 11.7 Å². The van der Waals surface area contributed by atoms with Gasteiger partial charge in [0, 0.05) is 37.0 Å². The second-order valence-electron chi connectivity index (χ2n) is 6.40. The van der Waals surface area contributed by atoms with E-state index < -0.39 is 0 Å². The highest BCUT2D eigenvalue weighted by Crippen LogP contribution is 2.30. The zero-order valence-electron chi connectivity index (χ0n) is 14.1. The molecule has 1 aromatic carbocycles. The van der Waals surface area contributed by atoms with E-state index in [-0.39, 0.29) is 17.9 Å². The van der Waals surface area contributed by atoms with Crippen LogP contribution in [0, 0.1) is 5.92 Å². The third kappa shape index (κ3) is 3.86. The predicted octanol–water partition coefficient (Wildman–Crippen LogP) is 2.56. The van der Waals surface area contributed by atoms with Crippen LogP contribution in [0.15, 0.2) is 41.8 Å². The van der Waals surface area contributed by atoms with Gasteiger partial charge in [0.15, 0.2) is 0 Å². The van der Waals surface area contributed by atoms with Crippen molar-refractivity contribution in [2.75, 3.05) is 19.6 Å². The molecule has 1 aromatic heterocycles. The van der Waals surface area contributed by atoms with Crippen LogP contribution in [0.25, 0.3) is 0 Å². The van der Waals surface area contributed by atoms with E-state index in [1.165, 1.54) is 16.0 Å². The lowest BCUT2D eigenvalue weighted by Crippen LogP contribution is -2.42.